The highest BCUT2D eigenvalue weighted by Gasteiger charge is 2.14. The van der Waals surface area contributed by atoms with Crippen LogP contribution in [0.5, 0.6) is 5.75 Å². The number of hydrogen-bond acceptors (Lipinski definition) is 3. The molecule has 0 unspecified atom stereocenters. The van der Waals surface area contributed by atoms with Crippen LogP contribution >= 0.6 is 28.1 Å². The van der Waals surface area contributed by atoms with Crippen molar-refractivity contribution in [3.8, 4) is 5.75 Å². The fourth-order valence-corrected chi connectivity index (χ4v) is 2.96. The van der Waals surface area contributed by atoms with Crippen LogP contribution in [0.1, 0.15) is 43.0 Å². The first kappa shape index (κ1) is 20.4. The normalized spacial score (nSPS) is 10.2. The Morgan fingerprint density at radius 3 is 2.58 bits per heavy atom. The van der Waals surface area contributed by atoms with Gasteiger partial charge < -0.3 is 10.1 Å². The van der Waals surface area contributed by atoms with Crippen LogP contribution in [0.3, 0.4) is 0 Å². The third-order valence-corrected chi connectivity index (χ3v) is 4.63. The van der Waals surface area contributed by atoms with E-state index in [1.807, 2.05) is 36.4 Å². The minimum atomic E-state index is -0.293. The maximum absolute atomic E-state index is 12.6. The molecule has 4 nitrogen and oxygen atoms in total. The van der Waals surface area contributed by atoms with Crippen molar-refractivity contribution in [2.75, 3.05) is 11.9 Å². The molecule has 0 aliphatic rings. The number of unbranched alkanes of at least 4 members (excludes halogenated alkanes) is 3. The molecular weight excluding hydrogens is 412 g/mol. The highest BCUT2D eigenvalue weighted by atomic mass is 79.9. The summed E-state index contributed by atoms with van der Waals surface area (Å²) in [5.74, 6) is 0.281. The number of carbonyl (C=O) groups is 1. The highest BCUT2D eigenvalue weighted by Crippen LogP contribution is 2.21. The van der Waals surface area contributed by atoms with Gasteiger partial charge in [-0.15, -0.1) is 0 Å². The Morgan fingerprint density at radius 2 is 1.81 bits per heavy atom. The number of benzene rings is 2. The van der Waals surface area contributed by atoms with Crippen molar-refractivity contribution in [3.63, 3.8) is 0 Å². The van der Waals surface area contributed by atoms with Crippen LogP contribution in [-0.2, 0) is 0 Å². The van der Waals surface area contributed by atoms with Crippen molar-refractivity contribution in [2.45, 2.75) is 32.6 Å². The Hall–Kier alpha value is -1.92. The number of nitrogens with one attached hydrogen (secondary N) is 2. The minimum absolute atomic E-state index is 0.236. The third-order valence-electron chi connectivity index (χ3n) is 3.74. The number of anilines is 1. The van der Waals surface area contributed by atoms with Gasteiger partial charge in [0, 0.05) is 4.47 Å². The number of para-hydroxylation sites is 2. The topological polar surface area (TPSA) is 50.4 Å². The second-order valence-corrected chi connectivity index (χ2v) is 7.06. The summed E-state index contributed by atoms with van der Waals surface area (Å²) in [6, 6.07) is 14.8. The van der Waals surface area contributed by atoms with Crippen LogP contribution in [0.15, 0.2) is 53.0 Å². The first-order chi connectivity index (χ1) is 12.6. The van der Waals surface area contributed by atoms with Crippen molar-refractivity contribution < 1.29 is 9.53 Å². The second kappa shape index (κ2) is 10.9. The summed E-state index contributed by atoms with van der Waals surface area (Å²) >= 11 is 8.68. The van der Waals surface area contributed by atoms with Gasteiger partial charge in [0.25, 0.3) is 5.91 Å². The zero-order valence-electron chi connectivity index (χ0n) is 14.8. The Morgan fingerprint density at radius 1 is 1.08 bits per heavy atom. The first-order valence-corrected chi connectivity index (χ1v) is 9.90. The molecule has 0 bridgehead atoms. The highest BCUT2D eigenvalue weighted by molar-refractivity contribution is 9.10. The van der Waals surface area contributed by atoms with E-state index in [-0.39, 0.29) is 11.0 Å². The summed E-state index contributed by atoms with van der Waals surface area (Å²) in [4.78, 5) is 12.6. The number of halogens is 1. The molecule has 0 aliphatic heterocycles. The van der Waals surface area contributed by atoms with Gasteiger partial charge in [-0.2, -0.15) is 0 Å². The molecular formula is C20H23BrN2O2S. The van der Waals surface area contributed by atoms with Gasteiger partial charge >= 0.3 is 0 Å². The van der Waals surface area contributed by atoms with E-state index in [0.717, 1.165) is 23.0 Å². The number of amides is 1. The minimum Gasteiger partial charge on any atom is -0.493 e. The monoisotopic (exact) mass is 434 g/mol. The molecule has 1 amide bonds. The average molecular weight is 435 g/mol. The maximum atomic E-state index is 12.6. The average Bonchev–Trinajstić information content (AvgIpc) is 2.63. The van der Waals surface area contributed by atoms with Crippen LogP contribution in [-0.4, -0.2) is 17.6 Å². The lowest BCUT2D eigenvalue weighted by molar-refractivity contribution is 0.0973. The zero-order chi connectivity index (χ0) is 18.8. The number of thiocarbonyl (C=S) groups is 1. The Labute approximate surface area is 168 Å². The summed E-state index contributed by atoms with van der Waals surface area (Å²) in [5.41, 5.74) is 1.26. The molecule has 0 atom stereocenters. The summed E-state index contributed by atoms with van der Waals surface area (Å²) in [5, 5.41) is 5.95. The Balaban J connectivity index is 1.94. The molecule has 2 aromatic carbocycles. The van der Waals surface area contributed by atoms with E-state index < -0.39 is 0 Å². The molecule has 0 aliphatic carbocycles. The summed E-state index contributed by atoms with van der Waals surface area (Å²) < 4.78 is 6.66. The van der Waals surface area contributed by atoms with Gasteiger partial charge in [0.05, 0.1) is 17.9 Å². The quantitative estimate of drug-likeness (QED) is 0.423. The predicted molar refractivity (Wildman–Crippen MR) is 114 cm³/mol. The molecule has 26 heavy (non-hydrogen) atoms. The van der Waals surface area contributed by atoms with E-state index in [9.17, 15) is 4.79 Å². The summed E-state index contributed by atoms with van der Waals surface area (Å²) in [7, 11) is 0. The number of carbonyl (C=O) groups excluding carboxylic acids is 1. The van der Waals surface area contributed by atoms with Crippen LogP contribution in [0, 0.1) is 0 Å². The van der Waals surface area contributed by atoms with Crippen LogP contribution in [0.2, 0.25) is 0 Å². The summed E-state index contributed by atoms with van der Waals surface area (Å²) in [6.45, 7) is 2.77. The first-order valence-electron chi connectivity index (χ1n) is 8.70. The SMILES string of the molecule is CCCCCCOc1ccccc1C(=O)NC(=S)Nc1ccccc1Br. The van der Waals surface area contributed by atoms with E-state index in [0.29, 0.717) is 17.9 Å². The molecule has 0 fully saturated rings. The standard InChI is InChI=1S/C20H23BrN2O2S/c1-2-3-4-9-14-25-18-13-8-5-10-15(18)19(24)23-20(26)22-17-12-7-6-11-16(17)21/h5-8,10-13H,2-4,9,14H2,1H3,(H2,22,23,24,26). The van der Waals surface area contributed by atoms with Crippen molar-refractivity contribution in [1.82, 2.24) is 5.32 Å². The largest absolute Gasteiger partial charge is 0.493 e. The number of hydrogen-bond donors (Lipinski definition) is 2. The fourth-order valence-electron chi connectivity index (χ4n) is 2.38. The smallest absolute Gasteiger partial charge is 0.261 e. The van der Waals surface area contributed by atoms with Crippen molar-refractivity contribution >= 4 is 44.9 Å². The van der Waals surface area contributed by atoms with Crippen LogP contribution < -0.4 is 15.4 Å². The molecule has 0 radical (unpaired) electrons. The molecule has 6 heteroatoms. The lowest BCUT2D eigenvalue weighted by Gasteiger charge is -2.13. The van der Waals surface area contributed by atoms with Gasteiger partial charge in [-0.3, -0.25) is 10.1 Å². The Bertz CT molecular complexity index is 752. The Kier molecular flexibility index (Phi) is 8.58. The van der Waals surface area contributed by atoms with Gasteiger partial charge in [-0.1, -0.05) is 50.5 Å². The van der Waals surface area contributed by atoms with E-state index in [1.165, 1.54) is 12.8 Å². The molecule has 2 rings (SSSR count). The van der Waals surface area contributed by atoms with Gasteiger partial charge in [-0.25, -0.2) is 0 Å². The van der Waals surface area contributed by atoms with E-state index in [4.69, 9.17) is 17.0 Å². The lowest BCUT2D eigenvalue weighted by Crippen LogP contribution is -2.34. The van der Waals surface area contributed by atoms with Crippen LogP contribution in [0.4, 0.5) is 5.69 Å². The number of ether oxygens (including phenoxy) is 1. The third kappa shape index (κ3) is 6.42. The molecule has 138 valence electrons. The molecule has 0 heterocycles. The molecule has 0 aromatic heterocycles. The zero-order valence-corrected chi connectivity index (χ0v) is 17.2. The van der Waals surface area contributed by atoms with Crippen molar-refractivity contribution in [1.29, 1.82) is 0 Å². The molecule has 2 aromatic rings. The van der Waals surface area contributed by atoms with Crippen LogP contribution in [0.25, 0.3) is 0 Å². The summed E-state index contributed by atoms with van der Waals surface area (Å²) in [6.07, 6.45) is 4.48. The van der Waals surface area contributed by atoms with Gasteiger partial charge in [0.2, 0.25) is 0 Å². The molecule has 2 N–H and O–H groups in total. The number of rotatable bonds is 8. The van der Waals surface area contributed by atoms with Crippen molar-refractivity contribution in [2.24, 2.45) is 0 Å². The van der Waals surface area contributed by atoms with Crippen molar-refractivity contribution in [3.05, 3.63) is 58.6 Å². The van der Waals surface area contributed by atoms with Gasteiger partial charge in [0.15, 0.2) is 5.11 Å². The predicted octanol–water partition coefficient (Wildman–Crippen LogP) is 5.54. The fraction of sp³-hybridized carbons (Fsp3) is 0.300. The second-order valence-electron chi connectivity index (χ2n) is 5.79. The maximum Gasteiger partial charge on any atom is 0.261 e. The van der Waals surface area contributed by atoms with E-state index in [2.05, 4.69) is 33.5 Å². The molecule has 0 saturated carbocycles. The van der Waals surface area contributed by atoms with E-state index >= 15 is 0 Å². The van der Waals surface area contributed by atoms with E-state index in [1.54, 1.807) is 12.1 Å². The molecule has 0 saturated heterocycles. The lowest BCUT2D eigenvalue weighted by atomic mass is 10.2. The molecule has 0 spiro atoms. The van der Waals surface area contributed by atoms with Gasteiger partial charge in [0.1, 0.15) is 5.75 Å². The van der Waals surface area contributed by atoms with Gasteiger partial charge in [-0.05, 0) is 58.8 Å².